The van der Waals surface area contributed by atoms with Crippen molar-refractivity contribution in [3.8, 4) is 5.69 Å². The summed E-state index contributed by atoms with van der Waals surface area (Å²) in [6.45, 7) is 11.2. The molecule has 0 bridgehead atoms. The van der Waals surface area contributed by atoms with Gasteiger partial charge in [-0.2, -0.15) is 5.10 Å². The van der Waals surface area contributed by atoms with Gasteiger partial charge in [0, 0.05) is 44.0 Å². The fourth-order valence-electron chi connectivity index (χ4n) is 4.82. The Labute approximate surface area is 162 Å². The molecule has 1 N–H and O–H groups in total. The molecule has 5 nitrogen and oxygen atoms in total. The first-order valence-corrected chi connectivity index (χ1v) is 10.3. The van der Waals surface area contributed by atoms with Crippen molar-refractivity contribution in [2.45, 2.75) is 33.2 Å². The maximum Gasteiger partial charge on any atom is 0.0648 e. The van der Waals surface area contributed by atoms with Crippen molar-refractivity contribution in [3.05, 3.63) is 47.3 Å². The van der Waals surface area contributed by atoms with Crippen LogP contribution in [0, 0.1) is 25.7 Å². The number of benzene rings is 1. The van der Waals surface area contributed by atoms with E-state index in [4.69, 9.17) is 5.10 Å². The van der Waals surface area contributed by atoms with E-state index in [0.29, 0.717) is 18.4 Å². The van der Waals surface area contributed by atoms with E-state index in [1.54, 1.807) is 0 Å². The van der Waals surface area contributed by atoms with Crippen LogP contribution in [0.3, 0.4) is 0 Å². The lowest BCUT2D eigenvalue weighted by Gasteiger charge is -2.23. The highest BCUT2D eigenvalue weighted by molar-refractivity contribution is 5.36. The molecule has 2 saturated heterocycles. The third-order valence-electron chi connectivity index (χ3n) is 6.40. The fraction of sp³-hybridized carbons (Fsp3) is 0.591. The van der Waals surface area contributed by atoms with Crippen LogP contribution in [0.5, 0.6) is 0 Å². The van der Waals surface area contributed by atoms with Crippen LogP contribution in [-0.4, -0.2) is 64.0 Å². The van der Waals surface area contributed by atoms with Crippen molar-refractivity contribution < 1.29 is 5.11 Å². The predicted molar refractivity (Wildman–Crippen MR) is 108 cm³/mol. The molecule has 0 spiro atoms. The van der Waals surface area contributed by atoms with Gasteiger partial charge in [0.1, 0.15) is 0 Å². The average molecular weight is 369 g/mol. The summed E-state index contributed by atoms with van der Waals surface area (Å²) in [5.41, 5.74) is 4.78. The summed E-state index contributed by atoms with van der Waals surface area (Å²) in [7, 11) is 0. The van der Waals surface area contributed by atoms with Gasteiger partial charge in [0.2, 0.25) is 0 Å². The van der Waals surface area contributed by atoms with Gasteiger partial charge in [-0.3, -0.25) is 4.90 Å². The molecule has 2 aromatic rings. The van der Waals surface area contributed by atoms with Gasteiger partial charge in [-0.05, 0) is 63.7 Å². The van der Waals surface area contributed by atoms with Crippen LogP contribution in [0.2, 0.25) is 0 Å². The molecule has 1 aromatic heterocycles. The lowest BCUT2D eigenvalue weighted by atomic mass is 9.96. The summed E-state index contributed by atoms with van der Waals surface area (Å²) in [4.78, 5) is 5.11. The topological polar surface area (TPSA) is 44.5 Å². The molecule has 3 heterocycles. The molecule has 0 amide bonds. The lowest BCUT2D eigenvalue weighted by Crippen LogP contribution is -2.31. The van der Waals surface area contributed by atoms with Crippen molar-refractivity contribution in [1.29, 1.82) is 0 Å². The quantitative estimate of drug-likeness (QED) is 0.851. The minimum absolute atomic E-state index is 0.302. The highest BCUT2D eigenvalue weighted by Crippen LogP contribution is 2.28. The Morgan fingerprint density at radius 3 is 2.41 bits per heavy atom. The van der Waals surface area contributed by atoms with E-state index in [9.17, 15) is 5.11 Å². The number of aliphatic hydroxyl groups is 1. The number of aromatic nitrogens is 2. The molecule has 27 heavy (non-hydrogen) atoms. The second-order valence-electron chi connectivity index (χ2n) is 8.30. The number of likely N-dealkylation sites (tertiary alicyclic amines) is 2. The van der Waals surface area contributed by atoms with Crippen molar-refractivity contribution in [2.24, 2.45) is 11.8 Å². The Morgan fingerprint density at radius 1 is 1.00 bits per heavy atom. The van der Waals surface area contributed by atoms with Crippen LogP contribution in [0.15, 0.2) is 30.3 Å². The number of aliphatic hydroxyl groups excluding tert-OH is 1. The highest BCUT2D eigenvalue weighted by atomic mass is 16.3. The standard InChI is InChI=1S/C22H32N4O/c1-17-22(18(2)26(23-17)21-8-4-3-5-9-21)15-25-13-19(20(14-25)16-27)12-24-10-6-7-11-24/h3-5,8-9,19-20,27H,6-7,10-16H2,1-2H3/t19-,20-/m1/s1. The molecule has 1 aromatic carbocycles. The summed E-state index contributed by atoms with van der Waals surface area (Å²) in [6, 6.07) is 10.4. The molecular formula is C22H32N4O. The number of nitrogens with zero attached hydrogens (tertiary/aromatic N) is 4. The van der Waals surface area contributed by atoms with Gasteiger partial charge >= 0.3 is 0 Å². The third kappa shape index (κ3) is 3.96. The first kappa shape index (κ1) is 18.7. The van der Waals surface area contributed by atoms with E-state index in [0.717, 1.165) is 37.6 Å². The Balaban J connectivity index is 1.47. The Hall–Kier alpha value is -1.69. The zero-order valence-electron chi connectivity index (χ0n) is 16.6. The second kappa shape index (κ2) is 8.13. The van der Waals surface area contributed by atoms with Crippen LogP contribution < -0.4 is 0 Å². The van der Waals surface area contributed by atoms with Crippen molar-refractivity contribution >= 4 is 0 Å². The van der Waals surface area contributed by atoms with Crippen LogP contribution in [-0.2, 0) is 6.54 Å². The molecule has 2 aliphatic heterocycles. The van der Waals surface area contributed by atoms with Gasteiger partial charge in [-0.25, -0.2) is 4.68 Å². The van der Waals surface area contributed by atoms with Crippen molar-refractivity contribution in [1.82, 2.24) is 19.6 Å². The molecule has 146 valence electrons. The van der Waals surface area contributed by atoms with Crippen LogP contribution in [0.4, 0.5) is 0 Å². The first-order chi connectivity index (χ1) is 13.2. The van der Waals surface area contributed by atoms with Gasteiger partial charge in [0.25, 0.3) is 0 Å². The normalized spacial score (nSPS) is 24.1. The molecule has 4 rings (SSSR count). The largest absolute Gasteiger partial charge is 0.396 e. The van der Waals surface area contributed by atoms with E-state index in [1.807, 2.05) is 6.07 Å². The van der Waals surface area contributed by atoms with Gasteiger partial charge in [-0.15, -0.1) is 0 Å². The molecular weight excluding hydrogens is 336 g/mol. The van der Waals surface area contributed by atoms with Gasteiger partial charge in [-0.1, -0.05) is 18.2 Å². The van der Waals surface area contributed by atoms with E-state index in [1.165, 1.54) is 37.2 Å². The van der Waals surface area contributed by atoms with E-state index >= 15 is 0 Å². The van der Waals surface area contributed by atoms with E-state index < -0.39 is 0 Å². The molecule has 2 aliphatic rings. The zero-order valence-corrected chi connectivity index (χ0v) is 16.6. The number of aryl methyl sites for hydroxylation is 1. The maximum atomic E-state index is 9.89. The molecule has 0 radical (unpaired) electrons. The first-order valence-electron chi connectivity index (χ1n) is 10.3. The minimum atomic E-state index is 0.302. The molecule has 2 fully saturated rings. The number of hydrogen-bond donors (Lipinski definition) is 1. The summed E-state index contributed by atoms with van der Waals surface area (Å²) in [6.07, 6.45) is 2.66. The monoisotopic (exact) mass is 368 g/mol. The summed E-state index contributed by atoms with van der Waals surface area (Å²) >= 11 is 0. The fourth-order valence-corrected chi connectivity index (χ4v) is 4.82. The number of para-hydroxylation sites is 1. The third-order valence-corrected chi connectivity index (χ3v) is 6.40. The lowest BCUT2D eigenvalue weighted by molar-refractivity contribution is 0.175. The Morgan fingerprint density at radius 2 is 1.70 bits per heavy atom. The SMILES string of the molecule is Cc1nn(-c2ccccc2)c(C)c1CN1C[C@@H](CN2CCCC2)[C@@H](CO)C1. The molecule has 0 unspecified atom stereocenters. The molecule has 2 atom stereocenters. The van der Waals surface area contributed by atoms with Crippen LogP contribution in [0.1, 0.15) is 29.8 Å². The van der Waals surface area contributed by atoms with Crippen molar-refractivity contribution in [3.63, 3.8) is 0 Å². The number of hydrogen-bond acceptors (Lipinski definition) is 4. The van der Waals surface area contributed by atoms with Crippen molar-refractivity contribution in [2.75, 3.05) is 39.3 Å². The van der Waals surface area contributed by atoms with Crippen LogP contribution in [0.25, 0.3) is 5.69 Å². The minimum Gasteiger partial charge on any atom is -0.396 e. The smallest absolute Gasteiger partial charge is 0.0648 e. The van der Waals surface area contributed by atoms with Gasteiger partial charge < -0.3 is 10.0 Å². The van der Waals surface area contributed by atoms with Crippen LogP contribution >= 0.6 is 0 Å². The summed E-state index contributed by atoms with van der Waals surface area (Å²) in [5.74, 6) is 0.980. The highest BCUT2D eigenvalue weighted by Gasteiger charge is 2.34. The summed E-state index contributed by atoms with van der Waals surface area (Å²) in [5, 5.41) is 14.7. The predicted octanol–water partition coefficient (Wildman–Crippen LogP) is 2.63. The maximum absolute atomic E-state index is 9.89. The second-order valence-corrected chi connectivity index (χ2v) is 8.30. The Bertz CT molecular complexity index is 751. The molecule has 5 heteroatoms. The Kier molecular flexibility index (Phi) is 5.62. The number of rotatable bonds is 6. The molecule has 0 saturated carbocycles. The van der Waals surface area contributed by atoms with Gasteiger partial charge in [0.15, 0.2) is 0 Å². The van der Waals surface area contributed by atoms with E-state index in [2.05, 4.69) is 52.6 Å². The van der Waals surface area contributed by atoms with Gasteiger partial charge in [0.05, 0.1) is 11.4 Å². The molecule has 0 aliphatic carbocycles. The summed E-state index contributed by atoms with van der Waals surface area (Å²) < 4.78 is 2.06. The average Bonchev–Trinajstić information content (AvgIpc) is 3.39. The zero-order chi connectivity index (χ0) is 18.8. The van der Waals surface area contributed by atoms with E-state index in [-0.39, 0.29) is 0 Å².